The number of nitrogens with zero attached hydrogens (tertiary/aromatic N) is 7. The zero-order valence-corrected chi connectivity index (χ0v) is 18.2. The zero-order valence-electron chi connectivity index (χ0n) is 17.4. The molecule has 0 radical (unpaired) electrons. The molecule has 4 heterocycles. The van der Waals surface area contributed by atoms with E-state index in [9.17, 15) is 26.4 Å². The average molecular weight is 483 g/mol. The molecule has 15 heteroatoms. The molecule has 0 aliphatic rings. The molecule has 0 aliphatic carbocycles. The van der Waals surface area contributed by atoms with Gasteiger partial charge in [-0.3, -0.25) is 4.79 Å². The van der Waals surface area contributed by atoms with Gasteiger partial charge in [0.2, 0.25) is 0 Å². The van der Waals surface area contributed by atoms with Crippen LogP contribution in [0.25, 0.3) is 28.4 Å². The molecule has 0 amide bonds. The molecule has 4 aromatic rings. The molecular formula is C18H16F3N7O4S. The number of halogens is 3. The number of pyridine rings is 2. The largest absolute Gasteiger partial charge is 0.435 e. The number of rotatable bonds is 5. The maximum absolute atomic E-state index is 13.5. The SMILES string of the molecule is CCS(=O)(=O)c1ccc(-n2cncn2)nc1-c1nc2cc(C(F)(F)F)n(OC)c(=O)c2n1C. The number of hydrogen-bond acceptors (Lipinski definition) is 8. The Bertz CT molecular complexity index is 1520. The van der Waals surface area contributed by atoms with Crippen molar-refractivity contribution in [3.8, 4) is 17.3 Å². The van der Waals surface area contributed by atoms with Gasteiger partial charge in [0.15, 0.2) is 27.2 Å². The lowest BCUT2D eigenvalue weighted by atomic mass is 10.3. The normalized spacial score (nSPS) is 12.4. The molecule has 0 saturated heterocycles. The Kier molecular flexibility index (Phi) is 5.23. The fourth-order valence-electron chi connectivity index (χ4n) is 3.31. The van der Waals surface area contributed by atoms with Gasteiger partial charge in [-0.25, -0.2) is 28.1 Å². The molecule has 4 aromatic heterocycles. The molecule has 0 atom stereocenters. The molecular weight excluding hydrogens is 467 g/mol. The van der Waals surface area contributed by atoms with Gasteiger partial charge < -0.3 is 9.40 Å². The summed E-state index contributed by atoms with van der Waals surface area (Å²) < 4.78 is 68.4. The molecule has 174 valence electrons. The first kappa shape index (κ1) is 22.4. The number of aromatic nitrogens is 7. The fourth-order valence-corrected chi connectivity index (χ4v) is 4.33. The number of alkyl halides is 3. The second-order valence-corrected chi connectivity index (χ2v) is 9.04. The lowest BCUT2D eigenvalue weighted by Gasteiger charge is -2.13. The van der Waals surface area contributed by atoms with E-state index in [1.54, 1.807) is 0 Å². The van der Waals surface area contributed by atoms with Gasteiger partial charge in [-0.15, -0.1) is 4.73 Å². The first-order valence-corrected chi connectivity index (χ1v) is 11.0. The summed E-state index contributed by atoms with van der Waals surface area (Å²) in [7, 11) is -1.53. The first-order valence-electron chi connectivity index (χ1n) is 9.33. The van der Waals surface area contributed by atoms with Crippen molar-refractivity contribution >= 4 is 20.9 Å². The number of aryl methyl sites for hydroxylation is 1. The Morgan fingerprint density at radius 1 is 1.18 bits per heavy atom. The molecule has 11 nitrogen and oxygen atoms in total. The van der Waals surface area contributed by atoms with E-state index >= 15 is 0 Å². The summed E-state index contributed by atoms with van der Waals surface area (Å²) in [6.07, 6.45) is -2.32. The van der Waals surface area contributed by atoms with Crippen LogP contribution in [0.15, 0.2) is 40.5 Å². The van der Waals surface area contributed by atoms with Crippen molar-refractivity contribution in [3.05, 3.63) is 46.9 Å². The summed E-state index contributed by atoms with van der Waals surface area (Å²) >= 11 is 0. The predicted octanol–water partition coefficient (Wildman–Crippen LogP) is 1.25. The van der Waals surface area contributed by atoms with Gasteiger partial charge in [-0.1, -0.05) is 6.92 Å². The minimum Gasteiger partial charge on any atom is -0.413 e. The zero-order chi connectivity index (χ0) is 24.1. The van der Waals surface area contributed by atoms with Crippen LogP contribution in [0, 0.1) is 0 Å². The molecule has 0 bridgehead atoms. The highest BCUT2D eigenvalue weighted by atomic mass is 32.2. The quantitative estimate of drug-likeness (QED) is 0.415. The van der Waals surface area contributed by atoms with E-state index < -0.39 is 27.3 Å². The van der Waals surface area contributed by atoms with Crippen LogP contribution in [0.1, 0.15) is 12.6 Å². The summed E-state index contributed by atoms with van der Waals surface area (Å²) in [4.78, 5) is 29.6. The molecule has 0 saturated carbocycles. The minimum absolute atomic E-state index is 0.108. The van der Waals surface area contributed by atoms with Crippen molar-refractivity contribution < 1.29 is 26.4 Å². The summed E-state index contributed by atoms with van der Waals surface area (Å²) in [5, 5.41) is 3.95. The smallest absolute Gasteiger partial charge is 0.413 e. The van der Waals surface area contributed by atoms with Crippen LogP contribution in [-0.2, 0) is 23.1 Å². The second kappa shape index (κ2) is 7.68. The van der Waals surface area contributed by atoms with Crippen molar-refractivity contribution in [1.82, 2.24) is 34.0 Å². The van der Waals surface area contributed by atoms with Crippen LogP contribution in [0.2, 0.25) is 0 Å². The Balaban J connectivity index is 2.08. The third kappa shape index (κ3) is 3.63. The van der Waals surface area contributed by atoms with E-state index in [0.717, 1.165) is 7.11 Å². The molecule has 0 aromatic carbocycles. The van der Waals surface area contributed by atoms with Crippen LogP contribution in [-0.4, -0.2) is 55.3 Å². The van der Waals surface area contributed by atoms with Gasteiger partial charge in [0.05, 0.1) is 16.2 Å². The minimum atomic E-state index is -4.90. The van der Waals surface area contributed by atoms with E-state index in [4.69, 9.17) is 0 Å². The topological polar surface area (TPSA) is 127 Å². The molecule has 33 heavy (non-hydrogen) atoms. The second-order valence-electron chi connectivity index (χ2n) is 6.80. The van der Waals surface area contributed by atoms with Crippen molar-refractivity contribution in [1.29, 1.82) is 0 Å². The van der Waals surface area contributed by atoms with Gasteiger partial charge in [0.1, 0.15) is 31.0 Å². The highest BCUT2D eigenvalue weighted by Crippen LogP contribution is 2.32. The average Bonchev–Trinajstić information content (AvgIpc) is 3.41. The van der Waals surface area contributed by atoms with Gasteiger partial charge in [-0.05, 0) is 18.2 Å². The van der Waals surface area contributed by atoms with Crippen LogP contribution in [0.4, 0.5) is 13.2 Å². The van der Waals surface area contributed by atoms with Gasteiger partial charge in [-0.2, -0.15) is 18.3 Å². The maximum Gasteiger partial charge on any atom is 0.435 e. The van der Waals surface area contributed by atoms with Crippen LogP contribution < -0.4 is 10.4 Å². The van der Waals surface area contributed by atoms with Crippen LogP contribution in [0.5, 0.6) is 0 Å². The van der Waals surface area contributed by atoms with Gasteiger partial charge in [0.25, 0.3) is 0 Å². The third-order valence-electron chi connectivity index (χ3n) is 4.90. The number of sulfone groups is 1. The van der Waals surface area contributed by atoms with Crippen molar-refractivity contribution in [2.75, 3.05) is 12.9 Å². The van der Waals surface area contributed by atoms with Crippen LogP contribution in [0.3, 0.4) is 0 Å². The van der Waals surface area contributed by atoms with Crippen molar-refractivity contribution in [3.63, 3.8) is 0 Å². The standard InChI is InChI=1S/C18H16F3N7O4S/c1-4-33(30,31)11-5-6-13(27-9-22-8-23-27)25-14(11)16-24-10-7-12(18(19,20)21)28(32-3)17(29)15(10)26(16)2/h5-9H,4H2,1-3H3. The molecule has 4 rings (SSSR count). The summed E-state index contributed by atoms with van der Waals surface area (Å²) in [5.41, 5.74) is -3.16. The summed E-state index contributed by atoms with van der Waals surface area (Å²) in [5.74, 6) is -0.198. The molecule has 0 N–H and O–H groups in total. The highest BCUT2D eigenvalue weighted by Gasteiger charge is 2.37. The van der Waals surface area contributed by atoms with E-state index in [0.29, 0.717) is 6.07 Å². The lowest BCUT2D eigenvalue weighted by Crippen LogP contribution is -2.32. The Morgan fingerprint density at radius 3 is 2.48 bits per heavy atom. The Labute approximate surface area is 184 Å². The number of imidazole rings is 1. The Morgan fingerprint density at radius 2 is 1.91 bits per heavy atom. The molecule has 0 aliphatic heterocycles. The monoisotopic (exact) mass is 483 g/mol. The van der Waals surface area contributed by atoms with E-state index in [2.05, 4.69) is 24.9 Å². The molecule has 0 fully saturated rings. The summed E-state index contributed by atoms with van der Waals surface area (Å²) in [6, 6.07) is 3.36. The lowest BCUT2D eigenvalue weighted by molar-refractivity contribution is -0.151. The first-order chi connectivity index (χ1) is 15.5. The van der Waals surface area contributed by atoms with E-state index in [1.807, 2.05) is 0 Å². The van der Waals surface area contributed by atoms with E-state index in [-0.39, 0.29) is 43.7 Å². The van der Waals surface area contributed by atoms with Gasteiger partial charge in [0, 0.05) is 7.05 Å². The summed E-state index contributed by atoms with van der Waals surface area (Å²) in [6.45, 7) is 1.44. The fraction of sp³-hybridized carbons (Fsp3) is 0.278. The van der Waals surface area contributed by atoms with Crippen LogP contribution >= 0.6 is 0 Å². The highest BCUT2D eigenvalue weighted by molar-refractivity contribution is 7.91. The predicted molar refractivity (Wildman–Crippen MR) is 108 cm³/mol. The molecule has 0 unspecified atom stereocenters. The van der Waals surface area contributed by atoms with Crippen molar-refractivity contribution in [2.24, 2.45) is 7.05 Å². The van der Waals surface area contributed by atoms with E-state index in [1.165, 1.54) is 48.0 Å². The number of hydrogen-bond donors (Lipinski definition) is 0. The third-order valence-corrected chi connectivity index (χ3v) is 6.66. The van der Waals surface area contributed by atoms with Gasteiger partial charge >= 0.3 is 11.7 Å². The maximum atomic E-state index is 13.5. The van der Waals surface area contributed by atoms with Crippen molar-refractivity contribution in [2.45, 2.75) is 18.0 Å². The number of fused-ring (bicyclic) bond motifs is 1. The molecule has 0 spiro atoms. The Hall–Kier alpha value is -3.75.